The smallest absolute Gasteiger partial charge is 0.317 e. The van der Waals surface area contributed by atoms with Gasteiger partial charge in [-0.15, -0.1) is 11.3 Å². The number of urea groups is 1. The van der Waals surface area contributed by atoms with Gasteiger partial charge in [0.25, 0.3) is 0 Å². The predicted molar refractivity (Wildman–Crippen MR) is 103 cm³/mol. The molecule has 0 saturated carbocycles. The van der Waals surface area contributed by atoms with Crippen molar-refractivity contribution in [1.29, 1.82) is 0 Å². The number of H-pyrrole nitrogens is 1. The van der Waals surface area contributed by atoms with E-state index in [2.05, 4.69) is 20.5 Å². The molecule has 0 radical (unpaired) electrons. The van der Waals surface area contributed by atoms with Crippen LogP contribution in [0.25, 0.3) is 0 Å². The van der Waals surface area contributed by atoms with Crippen molar-refractivity contribution in [3.05, 3.63) is 32.5 Å². The fourth-order valence-corrected chi connectivity index (χ4v) is 5.07. The van der Waals surface area contributed by atoms with E-state index in [-0.39, 0.29) is 6.03 Å². The number of aryl methyl sites for hydroxylation is 3. The van der Waals surface area contributed by atoms with Crippen molar-refractivity contribution in [2.45, 2.75) is 64.3 Å². The van der Waals surface area contributed by atoms with Crippen LogP contribution in [0.3, 0.4) is 0 Å². The molecule has 26 heavy (non-hydrogen) atoms. The van der Waals surface area contributed by atoms with E-state index in [1.807, 2.05) is 18.4 Å². The number of fused-ring (bicyclic) bond motifs is 2. The Morgan fingerprint density at radius 2 is 2.08 bits per heavy atom. The van der Waals surface area contributed by atoms with Gasteiger partial charge in [0.1, 0.15) is 0 Å². The molecule has 2 aromatic heterocycles. The molecule has 0 bridgehead atoms. The summed E-state index contributed by atoms with van der Waals surface area (Å²) in [5.74, 6) is 0. The number of nitrogens with zero attached hydrogens (tertiary/aromatic N) is 3. The molecule has 2 aliphatic rings. The van der Waals surface area contributed by atoms with Crippen LogP contribution in [-0.4, -0.2) is 39.7 Å². The maximum absolute atomic E-state index is 12.4. The average Bonchev–Trinajstić information content (AvgIpc) is 3.26. The van der Waals surface area contributed by atoms with Gasteiger partial charge in [-0.1, -0.05) is 6.42 Å². The second-order valence-corrected chi connectivity index (χ2v) is 8.53. The number of hydrogen-bond donors (Lipinski definition) is 2. The first kappa shape index (κ1) is 17.5. The number of rotatable bonds is 5. The van der Waals surface area contributed by atoms with E-state index in [1.54, 1.807) is 4.90 Å². The molecule has 0 saturated heterocycles. The normalized spacial score (nSPS) is 16.0. The highest BCUT2D eigenvalue weighted by atomic mass is 32.1. The van der Waals surface area contributed by atoms with Gasteiger partial charge in [0.2, 0.25) is 0 Å². The van der Waals surface area contributed by atoms with E-state index in [4.69, 9.17) is 0 Å². The lowest BCUT2D eigenvalue weighted by Gasteiger charge is -2.17. The SMILES string of the molecule is CN(Cc1n[nH]c2c1CCCCC2)C(=O)NCCc1nc2c(s1)CCC2. The summed E-state index contributed by atoms with van der Waals surface area (Å²) in [6, 6.07) is -0.0422. The van der Waals surface area contributed by atoms with Gasteiger partial charge in [-0.2, -0.15) is 5.10 Å². The molecule has 2 aromatic rings. The predicted octanol–water partition coefficient (Wildman–Crippen LogP) is 3.01. The molecular formula is C19H27N5OS. The molecule has 2 heterocycles. The molecule has 2 N–H and O–H groups in total. The summed E-state index contributed by atoms with van der Waals surface area (Å²) in [7, 11) is 1.84. The Labute approximate surface area is 158 Å². The third-order valence-electron chi connectivity index (χ3n) is 5.38. The van der Waals surface area contributed by atoms with E-state index < -0.39 is 0 Å². The molecule has 0 aliphatic heterocycles. The standard InChI is InChI=1S/C19H27N5OS/c1-24(12-16-13-6-3-2-4-7-14(13)22-23-16)19(25)20-11-10-18-21-15-8-5-9-17(15)26-18/h2-12H2,1H3,(H,20,25)(H,22,23). The summed E-state index contributed by atoms with van der Waals surface area (Å²) in [6.45, 7) is 1.19. The fraction of sp³-hybridized carbons (Fsp3) is 0.632. The Morgan fingerprint density at radius 3 is 2.96 bits per heavy atom. The van der Waals surface area contributed by atoms with Crippen molar-refractivity contribution in [3.8, 4) is 0 Å². The van der Waals surface area contributed by atoms with E-state index in [1.165, 1.54) is 53.9 Å². The fourth-order valence-electron chi connectivity index (χ4n) is 3.92. The van der Waals surface area contributed by atoms with Crippen LogP contribution in [0.2, 0.25) is 0 Å². The summed E-state index contributed by atoms with van der Waals surface area (Å²) in [5, 5.41) is 11.8. The number of nitrogens with one attached hydrogen (secondary N) is 2. The summed E-state index contributed by atoms with van der Waals surface area (Å²) in [4.78, 5) is 20.3. The van der Waals surface area contributed by atoms with E-state index in [0.29, 0.717) is 13.1 Å². The van der Waals surface area contributed by atoms with Crippen LogP contribution in [0, 0.1) is 0 Å². The van der Waals surface area contributed by atoms with Gasteiger partial charge >= 0.3 is 6.03 Å². The maximum atomic E-state index is 12.4. The maximum Gasteiger partial charge on any atom is 0.317 e. The first-order valence-electron chi connectivity index (χ1n) is 9.72. The van der Waals surface area contributed by atoms with Crippen LogP contribution < -0.4 is 5.32 Å². The third-order valence-corrected chi connectivity index (χ3v) is 6.60. The zero-order valence-electron chi connectivity index (χ0n) is 15.4. The lowest BCUT2D eigenvalue weighted by Crippen LogP contribution is -2.38. The summed E-state index contributed by atoms with van der Waals surface area (Å²) >= 11 is 1.81. The number of carbonyl (C=O) groups is 1. The van der Waals surface area contributed by atoms with Crippen LogP contribution in [-0.2, 0) is 38.6 Å². The van der Waals surface area contributed by atoms with Gasteiger partial charge < -0.3 is 10.2 Å². The summed E-state index contributed by atoms with van der Waals surface area (Å²) < 4.78 is 0. The molecule has 0 unspecified atom stereocenters. The lowest BCUT2D eigenvalue weighted by molar-refractivity contribution is 0.206. The monoisotopic (exact) mass is 373 g/mol. The molecule has 140 valence electrons. The molecule has 4 rings (SSSR count). The molecule has 0 atom stereocenters. The highest BCUT2D eigenvalue weighted by molar-refractivity contribution is 7.11. The van der Waals surface area contributed by atoms with Gasteiger partial charge in [-0.25, -0.2) is 9.78 Å². The van der Waals surface area contributed by atoms with Crippen molar-refractivity contribution in [3.63, 3.8) is 0 Å². The minimum absolute atomic E-state index is 0.0422. The zero-order chi connectivity index (χ0) is 17.9. The van der Waals surface area contributed by atoms with Crippen molar-refractivity contribution < 1.29 is 4.79 Å². The zero-order valence-corrected chi connectivity index (χ0v) is 16.3. The molecule has 7 heteroatoms. The topological polar surface area (TPSA) is 73.9 Å². The van der Waals surface area contributed by atoms with E-state index >= 15 is 0 Å². The Kier molecular flexibility index (Phi) is 5.24. The van der Waals surface area contributed by atoms with Gasteiger partial charge in [0.15, 0.2) is 0 Å². The average molecular weight is 374 g/mol. The Balaban J connectivity index is 1.27. The molecule has 2 amide bonds. The van der Waals surface area contributed by atoms with Gasteiger partial charge in [-0.3, -0.25) is 5.10 Å². The van der Waals surface area contributed by atoms with Crippen molar-refractivity contribution in [2.24, 2.45) is 0 Å². The highest BCUT2D eigenvalue weighted by Crippen LogP contribution is 2.27. The van der Waals surface area contributed by atoms with Gasteiger partial charge in [0.05, 0.1) is 22.9 Å². The molecular weight excluding hydrogens is 346 g/mol. The van der Waals surface area contributed by atoms with Crippen LogP contribution in [0.1, 0.15) is 58.2 Å². The third kappa shape index (κ3) is 3.77. The molecule has 0 spiro atoms. The number of aromatic amines is 1. The van der Waals surface area contributed by atoms with E-state index in [9.17, 15) is 4.79 Å². The second kappa shape index (κ2) is 7.78. The molecule has 2 aliphatic carbocycles. The van der Waals surface area contributed by atoms with Crippen LogP contribution >= 0.6 is 11.3 Å². The van der Waals surface area contributed by atoms with Crippen LogP contribution in [0.4, 0.5) is 4.79 Å². The number of carbonyl (C=O) groups excluding carboxylic acids is 1. The number of hydrogen-bond acceptors (Lipinski definition) is 4. The van der Waals surface area contributed by atoms with Crippen LogP contribution in [0.15, 0.2) is 0 Å². The van der Waals surface area contributed by atoms with Crippen molar-refractivity contribution in [1.82, 2.24) is 25.4 Å². The largest absolute Gasteiger partial charge is 0.338 e. The Hall–Kier alpha value is -1.89. The number of amides is 2. The van der Waals surface area contributed by atoms with Gasteiger partial charge in [-0.05, 0) is 50.5 Å². The number of thiazole rings is 1. The molecule has 0 aromatic carbocycles. The van der Waals surface area contributed by atoms with Crippen molar-refractivity contribution >= 4 is 17.4 Å². The molecule has 6 nitrogen and oxygen atoms in total. The number of aromatic nitrogens is 3. The lowest BCUT2D eigenvalue weighted by atomic mass is 10.1. The van der Waals surface area contributed by atoms with Crippen molar-refractivity contribution in [2.75, 3.05) is 13.6 Å². The first-order valence-corrected chi connectivity index (χ1v) is 10.5. The minimum Gasteiger partial charge on any atom is -0.338 e. The molecule has 0 fully saturated rings. The second-order valence-electron chi connectivity index (χ2n) is 7.36. The summed E-state index contributed by atoms with van der Waals surface area (Å²) in [5.41, 5.74) is 4.91. The first-order chi connectivity index (χ1) is 12.7. The van der Waals surface area contributed by atoms with E-state index in [0.717, 1.165) is 36.4 Å². The highest BCUT2D eigenvalue weighted by Gasteiger charge is 2.19. The van der Waals surface area contributed by atoms with Crippen LogP contribution in [0.5, 0.6) is 0 Å². The van der Waals surface area contributed by atoms with Gasteiger partial charge in [0, 0.05) is 30.6 Å². The summed E-state index contributed by atoms with van der Waals surface area (Å²) in [6.07, 6.45) is 10.2. The Morgan fingerprint density at radius 1 is 1.19 bits per heavy atom. The minimum atomic E-state index is -0.0422. The quantitative estimate of drug-likeness (QED) is 0.791. The Bertz CT molecular complexity index is 759.